The number of carbonyl (C=O) groups is 1. The summed E-state index contributed by atoms with van der Waals surface area (Å²) in [7, 11) is -2.52. The summed E-state index contributed by atoms with van der Waals surface area (Å²) in [6.07, 6.45) is 0. The molecule has 0 atom stereocenters. The van der Waals surface area contributed by atoms with Crippen molar-refractivity contribution in [1.29, 1.82) is 0 Å². The normalized spacial score (nSPS) is 11.5. The first-order chi connectivity index (χ1) is 12.4. The van der Waals surface area contributed by atoms with Crippen LogP contribution in [0.25, 0.3) is 11.4 Å². The van der Waals surface area contributed by atoms with Crippen LogP contribution in [0.5, 0.6) is 0 Å². The van der Waals surface area contributed by atoms with Crippen LogP contribution in [0, 0.1) is 0 Å². The first-order valence-corrected chi connectivity index (χ1v) is 9.15. The number of nitrogens with zero attached hydrogens (tertiary/aromatic N) is 2. The van der Waals surface area contributed by atoms with Crippen molar-refractivity contribution in [3.63, 3.8) is 0 Å². The second-order valence-corrected chi connectivity index (χ2v) is 7.28. The fourth-order valence-electron chi connectivity index (χ4n) is 2.00. The lowest BCUT2D eigenvalue weighted by Crippen LogP contribution is -2.22. The zero-order valence-electron chi connectivity index (χ0n) is 13.4. The van der Waals surface area contributed by atoms with Crippen LogP contribution in [-0.4, -0.2) is 31.5 Å². The molecule has 1 aromatic carbocycles. The Balaban J connectivity index is 1.65. The summed E-state index contributed by atoms with van der Waals surface area (Å²) >= 11 is 5.92. The fourth-order valence-corrected chi connectivity index (χ4v) is 2.84. The molecule has 3 rings (SSSR count). The van der Waals surface area contributed by atoms with Crippen molar-refractivity contribution in [2.45, 2.75) is 11.6 Å². The van der Waals surface area contributed by atoms with Gasteiger partial charge in [-0.1, -0.05) is 28.9 Å². The van der Waals surface area contributed by atoms with Gasteiger partial charge in [-0.25, -0.2) is 13.1 Å². The molecule has 0 spiro atoms. The number of carbonyl (C=O) groups excluding carboxylic acids is 1. The van der Waals surface area contributed by atoms with E-state index in [9.17, 15) is 13.2 Å². The van der Waals surface area contributed by atoms with Crippen LogP contribution >= 0.6 is 11.6 Å². The monoisotopic (exact) mass is 396 g/mol. The summed E-state index contributed by atoms with van der Waals surface area (Å²) in [5.41, 5.74) is 0.673. The second-order valence-electron chi connectivity index (χ2n) is 5.03. The summed E-state index contributed by atoms with van der Waals surface area (Å²) in [6, 6.07) is 9.36. The van der Waals surface area contributed by atoms with Gasteiger partial charge in [-0.2, -0.15) is 4.98 Å². The Bertz CT molecular complexity index is 1040. The maximum absolute atomic E-state index is 12.0. The molecule has 2 aromatic heterocycles. The van der Waals surface area contributed by atoms with Gasteiger partial charge >= 0.3 is 0 Å². The number of halogens is 1. The van der Waals surface area contributed by atoms with Crippen LogP contribution in [-0.2, 0) is 16.6 Å². The van der Waals surface area contributed by atoms with Crippen molar-refractivity contribution in [3.05, 3.63) is 53.1 Å². The van der Waals surface area contributed by atoms with Gasteiger partial charge in [0.25, 0.3) is 15.9 Å². The molecule has 0 unspecified atom stereocenters. The molecule has 0 aliphatic rings. The van der Waals surface area contributed by atoms with Crippen LogP contribution in [0.2, 0.25) is 5.02 Å². The Morgan fingerprint density at radius 1 is 1.27 bits per heavy atom. The first kappa shape index (κ1) is 18.1. The highest BCUT2D eigenvalue weighted by atomic mass is 35.5. The second kappa shape index (κ2) is 7.28. The van der Waals surface area contributed by atoms with Gasteiger partial charge in [-0.15, -0.1) is 0 Å². The summed E-state index contributed by atoms with van der Waals surface area (Å²) in [5.74, 6) is -0.279. The van der Waals surface area contributed by atoms with Crippen LogP contribution in [0.4, 0.5) is 0 Å². The molecule has 0 aliphatic heterocycles. The first-order valence-electron chi connectivity index (χ1n) is 7.29. The third kappa shape index (κ3) is 3.93. The Labute approximate surface area is 153 Å². The molecule has 2 N–H and O–H groups in total. The van der Waals surface area contributed by atoms with Crippen molar-refractivity contribution in [2.24, 2.45) is 0 Å². The summed E-state index contributed by atoms with van der Waals surface area (Å²) in [4.78, 5) is 16.2. The molecule has 11 heteroatoms. The number of hydrogen-bond acceptors (Lipinski definition) is 7. The Hall–Kier alpha value is -2.69. The fraction of sp³-hybridized carbons (Fsp3) is 0.133. The number of hydrogen-bond donors (Lipinski definition) is 2. The van der Waals surface area contributed by atoms with E-state index < -0.39 is 15.9 Å². The zero-order valence-corrected chi connectivity index (χ0v) is 15.0. The minimum atomic E-state index is -3.76. The lowest BCUT2D eigenvalue weighted by atomic mass is 10.2. The zero-order chi connectivity index (χ0) is 18.7. The molecule has 26 heavy (non-hydrogen) atoms. The molecular formula is C15H13ClN4O5S. The van der Waals surface area contributed by atoms with E-state index in [1.165, 1.54) is 19.2 Å². The van der Waals surface area contributed by atoms with Gasteiger partial charge in [0.15, 0.2) is 5.76 Å². The summed E-state index contributed by atoms with van der Waals surface area (Å²) < 4.78 is 35.4. The highest BCUT2D eigenvalue weighted by molar-refractivity contribution is 7.89. The van der Waals surface area contributed by atoms with Gasteiger partial charge < -0.3 is 14.3 Å². The molecule has 0 aliphatic carbocycles. The van der Waals surface area contributed by atoms with Crippen LogP contribution in [0.15, 0.2) is 50.4 Å². The van der Waals surface area contributed by atoms with E-state index in [0.717, 1.165) is 0 Å². The number of aromatic nitrogens is 2. The van der Waals surface area contributed by atoms with Crippen molar-refractivity contribution >= 4 is 27.5 Å². The van der Waals surface area contributed by atoms with E-state index in [4.69, 9.17) is 20.5 Å². The Kier molecular flexibility index (Phi) is 5.07. The van der Waals surface area contributed by atoms with Gasteiger partial charge in [-0.05, 0) is 31.3 Å². The molecule has 136 valence electrons. The Morgan fingerprint density at radius 3 is 2.81 bits per heavy atom. The van der Waals surface area contributed by atoms with E-state index in [-0.39, 0.29) is 23.3 Å². The molecule has 0 fully saturated rings. The predicted octanol–water partition coefficient (Wildman–Crippen LogP) is 1.82. The van der Waals surface area contributed by atoms with Crippen molar-refractivity contribution < 1.29 is 22.2 Å². The molecule has 0 saturated carbocycles. The number of nitrogens with one attached hydrogen (secondary N) is 2. The number of rotatable bonds is 6. The third-order valence-corrected chi connectivity index (χ3v) is 4.81. The maximum Gasteiger partial charge on any atom is 0.287 e. The highest BCUT2D eigenvalue weighted by Crippen LogP contribution is 2.20. The van der Waals surface area contributed by atoms with Gasteiger partial charge in [0, 0.05) is 10.6 Å². The Morgan fingerprint density at radius 2 is 2.08 bits per heavy atom. The number of furan rings is 1. The van der Waals surface area contributed by atoms with E-state index in [2.05, 4.69) is 20.2 Å². The molecule has 0 radical (unpaired) electrons. The minimum Gasteiger partial charge on any atom is -0.438 e. The van der Waals surface area contributed by atoms with E-state index in [1.807, 2.05) is 0 Å². The van der Waals surface area contributed by atoms with E-state index in [1.54, 1.807) is 24.3 Å². The maximum atomic E-state index is 12.0. The average Bonchev–Trinajstić information content (AvgIpc) is 3.29. The molecule has 2 heterocycles. The lowest BCUT2D eigenvalue weighted by molar-refractivity contribution is 0.0913. The molecular weight excluding hydrogens is 384 g/mol. The molecule has 3 aromatic rings. The molecule has 1 amide bonds. The van der Waals surface area contributed by atoms with E-state index >= 15 is 0 Å². The number of sulfonamides is 1. The number of amides is 1. The van der Waals surface area contributed by atoms with Crippen LogP contribution < -0.4 is 10.0 Å². The van der Waals surface area contributed by atoms with Gasteiger partial charge in [0.05, 0.1) is 6.54 Å². The van der Waals surface area contributed by atoms with Crippen molar-refractivity contribution in [3.8, 4) is 11.4 Å². The van der Waals surface area contributed by atoms with Crippen molar-refractivity contribution in [1.82, 2.24) is 20.2 Å². The predicted molar refractivity (Wildman–Crippen MR) is 90.9 cm³/mol. The lowest BCUT2D eigenvalue weighted by Gasteiger charge is -1.99. The molecule has 0 saturated heterocycles. The van der Waals surface area contributed by atoms with Crippen LogP contribution in [0.3, 0.4) is 0 Å². The van der Waals surface area contributed by atoms with E-state index in [0.29, 0.717) is 16.4 Å². The van der Waals surface area contributed by atoms with Crippen LogP contribution in [0.1, 0.15) is 16.4 Å². The largest absolute Gasteiger partial charge is 0.438 e. The van der Waals surface area contributed by atoms with Gasteiger partial charge in [0.2, 0.25) is 16.8 Å². The molecule has 0 bridgehead atoms. The number of benzene rings is 1. The average molecular weight is 397 g/mol. The SMILES string of the molecule is CNS(=O)(=O)c1ccc(C(=O)NCc2nc(-c3cccc(Cl)c3)no2)o1. The minimum absolute atomic E-state index is 0.0544. The van der Waals surface area contributed by atoms with Gasteiger partial charge in [0.1, 0.15) is 0 Å². The molecule has 9 nitrogen and oxygen atoms in total. The smallest absolute Gasteiger partial charge is 0.287 e. The quantitative estimate of drug-likeness (QED) is 0.650. The topological polar surface area (TPSA) is 127 Å². The summed E-state index contributed by atoms with van der Waals surface area (Å²) in [6.45, 7) is -0.0544. The standard InChI is InChI=1S/C15H13ClN4O5S/c1-17-26(22,23)13-6-5-11(24-13)15(21)18-8-12-19-14(20-25-12)9-3-2-4-10(16)7-9/h2-7,17H,8H2,1H3,(H,18,21). The van der Waals surface area contributed by atoms with Gasteiger partial charge in [-0.3, -0.25) is 4.79 Å². The van der Waals surface area contributed by atoms with Crippen molar-refractivity contribution in [2.75, 3.05) is 7.05 Å². The highest BCUT2D eigenvalue weighted by Gasteiger charge is 2.20. The third-order valence-electron chi connectivity index (χ3n) is 3.29. The summed E-state index contributed by atoms with van der Waals surface area (Å²) in [5, 5.41) is 6.50.